The van der Waals surface area contributed by atoms with E-state index in [-0.39, 0.29) is 0 Å². The molecular formula is C12H14Cl2O. The van der Waals surface area contributed by atoms with Crippen molar-refractivity contribution in [2.45, 2.75) is 32.6 Å². The van der Waals surface area contributed by atoms with Crippen LogP contribution >= 0.6 is 23.2 Å². The van der Waals surface area contributed by atoms with Gasteiger partial charge in [-0.3, -0.25) is 4.79 Å². The predicted octanol–water partition coefficient (Wildman–Crippen LogP) is 4.30. The molecule has 0 fully saturated rings. The second-order valence-corrected chi connectivity index (χ2v) is 4.35. The first kappa shape index (κ1) is 12.5. The largest absolute Gasteiger partial charge is 0.300 e. The lowest BCUT2D eigenvalue weighted by Crippen LogP contribution is -1.99. The molecule has 1 nitrogen and oxygen atoms in total. The van der Waals surface area contributed by atoms with Crippen LogP contribution in [0.2, 0.25) is 10.0 Å². The van der Waals surface area contributed by atoms with Gasteiger partial charge in [0.1, 0.15) is 5.78 Å². The highest BCUT2D eigenvalue weighted by Gasteiger charge is 2.03. The van der Waals surface area contributed by atoms with Crippen molar-refractivity contribution in [3.8, 4) is 0 Å². The second-order valence-electron chi connectivity index (χ2n) is 3.54. The van der Waals surface area contributed by atoms with E-state index in [4.69, 9.17) is 23.2 Å². The molecule has 0 spiro atoms. The molecule has 0 amide bonds. The van der Waals surface area contributed by atoms with E-state index in [9.17, 15) is 4.79 Å². The summed E-state index contributed by atoms with van der Waals surface area (Å²) in [6.07, 6.45) is 2.92. The number of Topliss-reactive ketones (excluding diaryl/α,β-unsaturated/α-hetero) is 1. The lowest BCUT2D eigenvalue weighted by atomic mass is 10.1. The minimum Gasteiger partial charge on any atom is -0.300 e. The summed E-state index contributed by atoms with van der Waals surface area (Å²) in [5.41, 5.74) is 1.06. The zero-order valence-corrected chi connectivity index (χ0v) is 10.2. The fraction of sp³-hybridized carbons (Fsp3) is 0.417. The molecule has 0 aromatic heterocycles. The smallest absolute Gasteiger partial charge is 0.133 e. The molecule has 0 N–H and O–H groups in total. The highest BCUT2D eigenvalue weighted by molar-refractivity contribution is 6.42. The molecule has 0 saturated carbocycles. The highest BCUT2D eigenvalue weighted by Crippen LogP contribution is 2.23. The van der Waals surface area contributed by atoms with Crippen LogP contribution in [0.1, 0.15) is 31.7 Å². The Kier molecular flexibility index (Phi) is 5.13. The molecule has 0 unspecified atom stereocenters. The highest BCUT2D eigenvalue weighted by atomic mass is 35.5. The van der Waals surface area contributed by atoms with E-state index >= 15 is 0 Å². The van der Waals surface area contributed by atoms with E-state index in [0.29, 0.717) is 28.7 Å². The summed E-state index contributed by atoms with van der Waals surface area (Å²) in [5, 5.41) is 1.11. The number of carbonyl (C=O) groups excluding carboxylic acids is 1. The first-order valence-corrected chi connectivity index (χ1v) is 5.84. The normalized spacial score (nSPS) is 10.3. The van der Waals surface area contributed by atoms with E-state index < -0.39 is 0 Å². The minimum atomic E-state index is 0.309. The van der Waals surface area contributed by atoms with Gasteiger partial charge in [-0.05, 0) is 30.5 Å². The maximum atomic E-state index is 11.3. The third kappa shape index (κ3) is 4.23. The van der Waals surface area contributed by atoms with Gasteiger partial charge in [-0.15, -0.1) is 0 Å². The van der Waals surface area contributed by atoms with Crippen LogP contribution in [0.5, 0.6) is 0 Å². The molecule has 0 aliphatic rings. The van der Waals surface area contributed by atoms with Crippen molar-refractivity contribution in [1.29, 1.82) is 0 Å². The van der Waals surface area contributed by atoms with Crippen LogP contribution in [-0.2, 0) is 11.2 Å². The maximum Gasteiger partial charge on any atom is 0.133 e. The van der Waals surface area contributed by atoms with Gasteiger partial charge in [0.15, 0.2) is 0 Å². The number of benzene rings is 1. The van der Waals surface area contributed by atoms with E-state index in [1.165, 1.54) is 0 Å². The zero-order valence-electron chi connectivity index (χ0n) is 8.72. The molecule has 0 saturated heterocycles. The second kappa shape index (κ2) is 6.14. The fourth-order valence-electron chi connectivity index (χ4n) is 1.38. The van der Waals surface area contributed by atoms with Crippen molar-refractivity contribution in [3.63, 3.8) is 0 Å². The fourth-order valence-corrected chi connectivity index (χ4v) is 1.70. The average molecular weight is 245 g/mol. The van der Waals surface area contributed by atoms with Crippen LogP contribution in [0.25, 0.3) is 0 Å². The van der Waals surface area contributed by atoms with Gasteiger partial charge < -0.3 is 0 Å². The van der Waals surface area contributed by atoms with E-state index in [0.717, 1.165) is 18.4 Å². The topological polar surface area (TPSA) is 17.1 Å². The molecule has 3 heteroatoms. The molecule has 0 aliphatic heterocycles. The van der Waals surface area contributed by atoms with Gasteiger partial charge in [-0.25, -0.2) is 0 Å². The molecule has 0 atom stereocenters. The first-order chi connectivity index (χ1) is 7.13. The summed E-state index contributed by atoms with van der Waals surface area (Å²) in [4.78, 5) is 11.3. The molecule has 0 radical (unpaired) electrons. The minimum absolute atomic E-state index is 0.309. The third-order valence-corrected chi connectivity index (χ3v) is 2.94. The predicted molar refractivity (Wildman–Crippen MR) is 64.7 cm³/mol. The van der Waals surface area contributed by atoms with Crippen LogP contribution < -0.4 is 0 Å². The number of aryl methyl sites for hydroxylation is 1. The number of hydrogen-bond donors (Lipinski definition) is 0. The SMILES string of the molecule is CCCC(=O)CCc1ccc(Cl)c(Cl)c1. The van der Waals surface area contributed by atoms with Crippen molar-refractivity contribution in [2.24, 2.45) is 0 Å². The molecule has 0 heterocycles. The van der Waals surface area contributed by atoms with E-state index in [2.05, 4.69) is 0 Å². The lowest BCUT2D eigenvalue weighted by Gasteiger charge is -2.02. The Morgan fingerprint density at radius 3 is 2.53 bits per heavy atom. The van der Waals surface area contributed by atoms with Gasteiger partial charge in [0.2, 0.25) is 0 Å². The first-order valence-electron chi connectivity index (χ1n) is 5.09. The molecule has 15 heavy (non-hydrogen) atoms. The monoisotopic (exact) mass is 244 g/mol. The Balaban J connectivity index is 2.51. The molecular weight excluding hydrogens is 231 g/mol. The Bertz CT molecular complexity index is 347. The number of rotatable bonds is 5. The number of ketones is 1. The van der Waals surface area contributed by atoms with Gasteiger partial charge in [0.05, 0.1) is 10.0 Å². The quantitative estimate of drug-likeness (QED) is 0.756. The third-order valence-electron chi connectivity index (χ3n) is 2.21. The van der Waals surface area contributed by atoms with Gasteiger partial charge >= 0.3 is 0 Å². The van der Waals surface area contributed by atoms with Crippen molar-refractivity contribution >= 4 is 29.0 Å². The standard InChI is InChI=1S/C12H14Cl2O/c1-2-3-10(15)6-4-9-5-7-11(13)12(14)8-9/h5,7-8H,2-4,6H2,1H3. The Morgan fingerprint density at radius 1 is 1.20 bits per heavy atom. The molecule has 0 bridgehead atoms. The van der Waals surface area contributed by atoms with Crippen molar-refractivity contribution < 1.29 is 4.79 Å². The molecule has 1 aromatic rings. The Hall–Kier alpha value is -0.530. The van der Waals surface area contributed by atoms with Gasteiger partial charge in [-0.2, -0.15) is 0 Å². The average Bonchev–Trinajstić information content (AvgIpc) is 2.20. The molecule has 1 aromatic carbocycles. The van der Waals surface area contributed by atoms with Crippen molar-refractivity contribution in [3.05, 3.63) is 33.8 Å². The van der Waals surface area contributed by atoms with Crippen LogP contribution in [0.3, 0.4) is 0 Å². The molecule has 0 aliphatic carbocycles. The van der Waals surface area contributed by atoms with Crippen LogP contribution in [0.4, 0.5) is 0 Å². The summed E-state index contributed by atoms with van der Waals surface area (Å²) in [5.74, 6) is 0.309. The van der Waals surface area contributed by atoms with Crippen molar-refractivity contribution in [1.82, 2.24) is 0 Å². The maximum absolute atomic E-state index is 11.3. The summed E-state index contributed by atoms with van der Waals surface area (Å²) < 4.78 is 0. The summed E-state index contributed by atoms with van der Waals surface area (Å²) in [6.45, 7) is 2.01. The number of hydrogen-bond acceptors (Lipinski definition) is 1. The van der Waals surface area contributed by atoms with E-state index in [1.54, 1.807) is 6.07 Å². The molecule has 82 valence electrons. The number of halogens is 2. The van der Waals surface area contributed by atoms with E-state index in [1.807, 2.05) is 19.1 Å². The number of carbonyl (C=O) groups is 1. The molecule has 1 rings (SSSR count). The Labute approximate surface area is 100 Å². The zero-order chi connectivity index (χ0) is 11.3. The Morgan fingerprint density at radius 2 is 1.93 bits per heavy atom. The van der Waals surface area contributed by atoms with Crippen LogP contribution in [0.15, 0.2) is 18.2 Å². The summed E-state index contributed by atoms with van der Waals surface area (Å²) in [7, 11) is 0. The van der Waals surface area contributed by atoms with Crippen LogP contribution in [0, 0.1) is 0 Å². The lowest BCUT2D eigenvalue weighted by molar-refractivity contribution is -0.119. The summed E-state index contributed by atoms with van der Waals surface area (Å²) >= 11 is 11.7. The summed E-state index contributed by atoms with van der Waals surface area (Å²) in [6, 6.07) is 5.50. The van der Waals surface area contributed by atoms with Crippen LogP contribution in [-0.4, -0.2) is 5.78 Å². The van der Waals surface area contributed by atoms with Gasteiger partial charge in [0, 0.05) is 12.8 Å². The van der Waals surface area contributed by atoms with Crippen molar-refractivity contribution in [2.75, 3.05) is 0 Å². The van der Waals surface area contributed by atoms with Gasteiger partial charge in [0.25, 0.3) is 0 Å². The van der Waals surface area contributed by atoms with Gasteiger partial charge in [-0.1, -0.05) is 36.2 Å².